The van der Waals surface area contributed by atoms with E-state index in [0.717, 1.165) is 5.56 Å². The highest BCUT2D eigenvalue weighted by Gasteiger charge is 2.15. The molecule has 82 valence electrons. The minimum absolute atomic E-state index is 0.0732. The zero-order valence-electron chi connectivity index (χ0n) is 8.17. The minimum Gasteiger partial charge on any atom is -0.476 e. The quantitative estimate of drug-likeness (QED) is 0.931. The van der Waals surface area contributed by atoms with Gasteiger partial charge >= 0.3 is 5.97 Å². The number of nitrogens with zero attached hydrogens (tertiary/aromatic N) is 3. The summed E-state index contributed by atoms with van der Waals surface area (Å²) in [5.41, 5.74) is 0.942. The van der Waals surface area contributed by atoms with Crippen LogP contribution in [0.4, 0.5) is 0 Å². The number of carbonyl (C=O) groups is 1. The maximum atomic E-state index is 10.7. The Morgan fingerprint density at radius 2 is 2.00 bits per heavy atom. The Hall–Kier alpha value is -1.69. The van der Waals surface area contributed by atoms with Crippen molar-refractivity contribution in [3.05, 3.63) is 46.2 Å². The Morgan fingerprint density at radius 1 is 1.31 bits per heavy atom. The van der Waals surface area contributed by atoms with Gasteiger partial charge in [-0.3, -0.25) is 0 Å². The van der Waals surface area contributed by atoms with E-state index in [0.29, 0.717) is 6.54 Å². The molecule has 6 heteroatoms. The van der Waals surface area contributed by atoms with Crippen LogP contribution in [-0.2, 0) is 6.54 Å². The molecular weight excluding hydrogens is 274 g/mol. The number of carboxylic acids is 1. The first-order valence-electron chi connectivity index (χ1n) is 4.54. The van der Waals surface area contributed by atoms with E-state index in [1.54, 1.807) is 0 Å². The molecule has 2 rings (SSSR count). The lowest BCUT2D eigenvalue weighted by molar-refractivity contribution is 0.0688. The third kappa shape index (κ3) is 2.27. The number of carboxylic acid groups (broad SMARTS) is 1. The second-order valence-electron chi connectivity index (χ2n) is 3.16. The zero-order valence-corrected chi connectivity index (χ0v) is 9.75. The molecule has 1 heterocycles. The van der Waals surface area contributed by atoms with Crippen LogP contribution in [0.15, 0.2) is 34.9 Å². The first kappa shape index (κ1) is 10.8. The summed E-state index contributed by atoms with van der Waals surface area (Å²) in [6.07, 6.45) is 0. The van der Waals surface area contributed by atoms with E-state index in [4.69, 9.17) is 5.11 Å². The monoisotopic (exact) mass is 281 g/mol. The fourth-order valence-electron chi connectivity index (χ4n) is 1.28. The lowest BCUT2D eigenvalue weighted by Gasteiger charge is -1.98. The molecule has 1 aromatic carbocycles. The van der Waals surface area contributed by atoms with Crippen molar-refractivity contribution in [3.63, 3.8) is 0 Å². The molecule has 0 amide bonds. The molecule has 0 aliphatic rings. The van der Waals surface area contributed by atoms with Crippen LogP contribution in [-0.4, -0.2) is 26.1 Å². The Kier molecular flexibility index (Phi) is 3.00. The van der Waals surface area contributed by atoms with Crippen LogP contribution in [0.25, 0.3) is 0 Å². The standard InChI is InChI=1S/C10H8BrN3O2/c11-9-8(10(15)16)12-14(13-9)6-7-4-2-1-3-5-7/h1-5H,6H2,(H,15,16). The summed E-state index contributed by atoms with van der Waals surface area (Å²) in [7, 11) is 0. The van der Waals surface area contributed by atoms with Gasteiger partial charge in [0.25, 0.3) is 0 Å². The summed E-state index contributed by atoms with van der Waals surface area (Å²) in [5.74, 6) is -1.09. The molecule has 0 atom stereocenters. The van der Waals surface area contributed by atoms with E-state index in [9.17, 15) is 4.79 Å². The van der Waals surface area contributed by atoms with Gasteiger partial charge in [-0.2, -0.15) is 4.80 Å². The third-order valence-electron chi connectivity index (χ3n) is 1.98. The summed E-state index contributed by atoms with van der Waals surface area (Å²) in [6, 6.07) is 9.59. The Bertz CT molecular complexity index is 510. The summed E-state index contributed by atoms with van der Waals surface area (Å²) >= 11 is 3.06. The summed E-state index contributed by atoms with van der Waals surface area (Å²) in [4.78, 5) is 12.1. The maximum Gasteiger partial charge on any atom is 0.359 e. The largest absolute Gasteiger partial charge is 0.476 e. The van der Waals surface area contributed by atoms with Crippen molar-refractivity contribution < 1.29 is 9.90 Å². The number of hydrogen-bond donors (Lipinski definition) is 1. The minimum atomic E-state index is -1.09. The fraction of sp³-hybridized carbons (Fsp3) is 0.100. The summed E-state index contributed by atoms with van der Waals surface area (Å²) in [5, 5.41) is 16.6. The topological polar surface area (TPSA) is 68.0 Å². The second kappa shape index (κ2) is 4.44. The molecule has 0 saturated heterocycles. The van der Waals surface area contributed by atoms with E-state index in [-0.39, 0.29) is 10.3 Å². The SMILES string of the molecule is O=C(O)c1nn(Cc2ccccc2)nc1Br. The highest BCUT2D eigenvalue weighted by molar-refractivity contribution is 9.10. The van der Waals surface area contributed by atoms with Gasteiger partial charge in [0.2, 0.25) is 5.69 Å². The van der Waals surface area contributed by atoms with Gasteiger partial charge < -0.3 is 5.11 Å². The fourth-order valence-corrected chi connectivity index (χ4v) is 1.71. The highest BCUT2D eigenvalue weighted by Crippen LogP contribution is 2.11. The van der Waals surface area contributed by atoms with Crippen molar-refractivity contribution in [2.24, 2.45) is 0 Å². The lowest BCUT2D eigenvalue weighted by Crippen LogP contribution is -2.05. The predicted molar refractivity (Wildman–Crippen MR) is 60.2 cm³/mol. The number of benzene rings is 1. The number of rotatable bonds is 3. The molecule has 2 aromatic rings. The van der Waals surface area contributed by atoms with Gasteiger partial charge in [-0.15, -0.1) is 10.2 Å². The molecule has 0 aliphatic heterocycles. The van der Waals surface area contributed by atoms with Crippen molar-refractivity contribution >= 4 is 21.9 Å². The molecule has 0 aliphatic carbocycles. The smallest absolute Gasteiger partial charge is 0.359 e. The number of aromatic nitrogens is 3. The van der Waals surface area contributed by atoms with Gasteiger partial charge in [-0.25, -0.2) is 4.79 Å². The molecule has 0 bridgehead atoms. The van der Waals surface area contributed by atoms with Gasteiger partial charge in [-0.05, 0) is 21.5 Å². The maximum absolute atomic E-state index is 10.7. The normalized spacial score (nSPS) is 10.3. The van der Waals surface area contributed by atoms with E-state index < -0.39 is 5.97 Å². The number of halogens is 1. The molecule has 1 N–H and O–H groups in total. The Labute approximate surface area is 99.8 Å². The first-order chi connectivity index (χ1) is 7.66. The van der Waals surface area contributed by atoms with Gasteiger partial charge in [-0.1, -0.05) is 30.3 Å². The van der Waals surface area contributed by atoms with Crippen LogP contribution in [0.2, 0.25) is 0 Å². The van der Waals surface area contributed by atoms with Crippen molar-refractivity contribution in [2.45, 2.75) is 6.54 Å². The Morgan fingerprint density at radius 3 is 2.56 bits per heavy atom. The van der Waals surface area contributed by atoms with Crippen LogP contribution in [0.5, 0.6) is 0 Å². The molecule has 0 fully saturated rings. The highest BCUT2D eigenvalue weighted by atomic mass is 79.9. The predicted octanol–water partition coefficient (Wildman–Crippen LogP) is 1.79. The van der Waals surface area contributed by atoms with Crippen molar-refractivity contribution in [1.82, 2.24) is 15.0 Å². The van der Waals surface area contributed by atoms with Crippen molar-refractivity contribution in [3.8, 4) is 0 Å². The van der Waals surface area contributed by atoms with Crippen LogP contribution < -0.4 is 0 Å². The molecule has 0 radical (unpaired) electrons. The van der Waals surface area contributed by atoms with Crippen molar-refractivity contribution in [1.29, 1.82) is 0 Å². The number of aromatic carboxylic acids is 1. The van der Waals surface area contributed by atoms with Gasteiger partial charge in [0.15, 0.2) is 4.60 Å². The van der Waals surface area contributed by atoms with E-state index in [2.05, 4.69) is 26.1 Å². The lowest BCUT2D eigenvalue weighted by atomic mass is 10.2. The van der Waals surface area contributed by atoms with Crippen LogP contribution in [0.1, 0.15) is 16.1 Å². The Balaban J connectivity index is 2.23. The molecule has 1 aromatic heterocycles. The van der Waals surface area contributed by atoms with Gasteiger partial charge in [0.1, 0.15) is 0 Å². The van der Waals surface area contributed by atoms with E-state index >= 15 is 0 Å². The van der Waals surface area contributed by atoms with Crippen molar-refractivity contribution in [2.75, 3.05) is 0 Å². The average molecular weight is 282 g/mol. The van der Waals surface area contributed by atoms with Gasteiger partial charge in [0.05, 0.1) is 6.54 Å². The second-order valence-corrected chi connectivity index (χ2v) is 3.91. The summed E-state index contributed by atoms with van der Waals surface area (Å²) in [6.45, 7) is 0.451. The van der Waals surface area contributed by atoms with Crippen LogP contribution >= 0.6 is 15.9 Å². The first-order valence-corrected chi connectivity index (χ1v) is 5.34. The zero-order chi connectivity index (χ0) is 11.5. The van der Waals surface area contributed by atoms with E-state index in [1.165, 1.54) is 4.80 Å². The molecule has 16 heavy (non-hydrogen) atoms. The average Bonchev–Trinajstić information content (AvgIpc) is 2.61. The van der Waals surface area contributed by atoms with E-state index in [1.807, 2.05) is 30.3 Å². The molecule has 0 saturated carbocycles. The molecule has 5 nitrogen and oxygen atoms in total. The van der Waals surface area contributed by atoms with Crippen LogP contribution in [0, 0.1) is 0 Å². The third-order valence-corrected chi connectivity index (χ3v) is 2.52. The summed E-state index contributed by atoms with van der Waals surface area (Å²) < 4.78 is 0.246. The molecule has 0 spiro atoms. The van der Waals surface area contributed by atoms with Crippen LogP contribution in [0.3, 0.4) is 0 Å². The van der Waals surface area contributed by atoms with Gasteiger partial charge in [0, 0.05) is 0 Å². The molecular formula is C10H8BrN3O2. The molecule has 0 unspecified atom stereocenters. The number of hydrogen-bond acceptors (Lipinski definition) is 3.